The van der Waals surface area contributed by atoms with E-state index in [0.717, 1.165) is 19.3 Å². The maximum atomic E-state index is 12.0. The second-order valence-corrected chi connectivity index (χ2v) is 5.69. The fourth-order valence-corrected chi connectivity index (χ4v) is 2.72. The minimum Gasteiger partial charge on any atom is -0.396 e. The molecule has 1 atom stereocenters. The van der Waals surface area contributed by atoms with Crippen LogP contribution < -0.4 is 10.6 Å². The lowest BCUT2D eigenvalue weighted by molar-refractivity contribution is -0.123. The Morgan fingerprint density at radius 1 is 1.33 bits per heavy atom. The molecule has 1 rings (SSSR count). The summed E-state index contributed by atoms with van der Waals surface area (Å²) in [5, 5.41) is 15.2. The molecule has 1 amide bonds. The van der Waals surface area contributed by atoms with Gasteiger partial charge in [0.1, 0.15) is 0 Å². The van der Waals surface area contributed by atoms with Crippen LogP contribution >= 0.6 is 0 Å². The standard InChI is InChI=1S/C14H28N2O2/c1-12(6-9-17)11-16-13(18)10-14(15-2)7-4-3-5-8-14/h12,15,17H,3-11H2,1-2H3,(H,16,18). The van der Waals surface area contributed by atoms with Crippen LogP contribution in [-0.4, -0.2) is 36.8 Å². The van der Waals surface area contributed by atoms with E-state index in [2.05, 4.69) is 10.6 Å². The number of carbonyl (C=O) groups is 1. The van der Waals surface area contributed by atoms with Crippen molar-refractivity contribution in [1.82, 2.24) is 10.6 Å². The van der Waals surface area contributed by atoms with Gasteiger partial charge in [0, 0.05) is 25.1 Å². The Hall–Kier alpha value is -0.610. The predicted octanol–water partition coefficient (Wildman–Crippen LogP) is 1.43. The van der Waals surface area contributed by atoms with Gasteiger partial charge in [-0.25, -0.2) is 0 Å². The number of aliphatic hydroxyl groups is 1. The molecule has 18 heavy (non-hydrogen) atoms. The third-order valence-corrected chi connectivity index (χ3v) is 4.11. The van der Waals surface area contributed by atoms with E-state index in [0.29, 0.717) is 18.9 Å². The topological polar surface area (TPSA) is 61.4 Å². The van der Waals surface area contributed by atoms with Crippen molar-refractivity contribution in [3.05, 3.63) is 0 Å². The van der Waals surface area contributed by atoms with Crippen molar-refractivity contribution in [1.29, 1.82) is 0 Å². The maximum absolute atomic E-state index is 12.0. The zero-order valence-electron chi connectivity index (χ0n) is 11.8. The Balaban J connectivity index is 2.33. The first-order valence-corrected chi connectivity index (χ1v) is 7.18. The van der Waals surface area contributed by atoms with Gasteiger partial charge in [-0.2, -0.15) is 0 Å². The fraction of sp³-hybridized carbons (Fsp3) is 0.929. The number of hydrogen-bond acceptors (Lipinski definition) is 3. The molecule has 0 saturated heterocycles. The molecule has 3 N–H and O–H groups in total. The quantitative estimate of drug-likeness (QED) is 0.646. The molecule has 1 saturated carbocycles. The molecule has 4 nitrogen and oxygen atoms in total. The molecular weight excluding hydrogens is 228 g/mol. The Labute approximate surface area is 111 Å². The molecule has 0 heterocycles. The summed E-state index contributed by atoms with van der Waals surface area (Å²) in [5.74, 6) is 0.479. The van der Waals surface area contributed by atoms with Crippen molar-refractivity contribution in [3.63, 3.8) is 0 Å². The number of hydrogen-bond donors (Lipinski definition) is 3. The average molecular weight is 256 g/mol. The molecule has 0 bridgehead atoms. The smallest absolute Gasteiger partial charge is 0.221 e. The molecule has 4 heteroatoms. The summed E-state index contributed by atoms with van der Waals surface area (Å²) in [6, 6.07) is 0. The first kappa shape index (κ1) is 15.4. The number of carbonyl (C=O) groups excluding carboxylic acids is 1. The highest BCUT2D eigenvalue weighted by Gasteiger charge is 2.32. The van der Waals surface area contributed by atoms with Gasteiger partial charge < -0.3 is 15.7 Å². The SMILES string of the molecule is CNC1(CC(=O)NCC(C)CCO)CCCCC1. The molecule has 0 aromatic heterocycles. The van der Waals surface area contributed by atoms with Crippen LogP contribution in [0.15, 0.2) is 0 Å². The molecule has 106 valence electrons. The highest BCUT2D eigenvalue weighted by molar-refractivity contribution is 5.77. The molecule has 1 aliphatic carbocycles. The minimum atomic E-state index is 0.0164. The summed E-state index contributed by atoms with van der Waals surface area (Å²) >= 11 is 0. The van der Waals surface area contributed by atoms with E-state index in [9.17, 15) is 4.79 Å². The molecular formula is C14H28N2O2. The maximum Gasteiger partial charge on any atom is 0.221 e. The van der Waals surface area contributed by atoms with Crippen molar-refractivity contribution < 1.29 is 9.90 Å². The minimum absolute atomic E-state index is 0.0164. The lowest BCUT2D eigenvalue weighted by atomic mass is 9.79. The zero-order chi connectivity index (χ0) is 13.4. The number of aliphatic hydroxyl groups excluding tert-OH is 1. The lowest BCUT2D eigenvalue weighted by Crippen LogP contribution is -2.48. The van der Waals surface area contributed by atoms with E-state index in [1.807, 2.05) is 14.0 Å². The second-order valence-electron chi connectivity index (χ2n) is 5.69. The lowest BCUT2D eigenvalue weighted by Gasteiger charge is -2.36. The third kappa shape index (κ3) is 4.94. The molecule has 0 aromatic carbocycles. The zero-order valence-corrected chi connectivity index (χ0v) is 11.8. The predicted molar refractivity (Wildman–Crippen MR) is 73.4 cm³/mol. The van der Waals surface area contributed by atoms with Crippen LogP contribution in [0.5, 0.6) is 0 Å². The largest absolute Gasteiger partial charge is 0.396 e. The van der Waals surface area contributed by atoms with E-state index >= 15 is 0 Å². The molecule has 1 unspecified atom stereocenters. The first-order valence-electron chi connectivity index (χ1n) is 7.18. The Morgan fingerprint density at radius 3 is 2.56 bits per heavy atom. The summed E-state index contributed by atoms with van der Waals surface area (Å²) in [6.07, 6.45) is 7.25. The van der Waals surface area contributed by atoms with E-state index in [1.54, 1.807) is 0 Å². The van der Waals surface area contributed by atoms with Crippen LogP contribution in [0.3, 0.4) is 0 Å². The third-order valence-electron chi connectivity index (χ3n) is 4.11. The molecule has 1 fully saturated rings. The summed E-state index contributed by atoms with van der Waals surface area (Å²) < 4.78 is 0. The van der Waals surface area contributed by atoms with Gasteiger partial charge in [-0.05, 0) is 32.2 Å². The Bertz CT molecular complexity index is 250. The van der Waals surface area contributed by atoms with Crippen molar-refractivity contribution in [2.24, 2.45) is 5.92 Å². The number of nitrogens with one attached hydrogen (secondary N) is 2. The summed E-state index contributed by atoms with van der Waals surface area (Å²) in [4.78, 5) is 12.0. The van der Waals surface area contributed by atoms with Crippen LogP contribution in [0.2, 0.25) is 0 Å². The van der Waals surface area contributed by atoms with Crippen molar-refractivity contribution in [2.45, 2.75) is 57.4 Å². The number of amides is 1. The van der Waals surface area contributed by atoms with Crippen molar-refractivity contribution in [2.75, 3.05) is 20.2 Å². The van der Waals surface area contributed by atoms with Crippen LogP contribution in [0.4, 0.5) is 0 Å². The van der Waals surface area contributed by atoms with E-state index < -0.39 is 0 Å². The molecule has 0 spiro atoms. The highest BCUT2D eigenvalue weighted by atomic mass is 16.3. The second kappa shape index (κ2) is 7.74. The molecule has 0 aliphatic heterocycles. The van der Waals surface area contributed by atoms with Crippen molar-refractivity contribution >= 4 is 5.91 Å². The molecule has 0 radical (unpaired) electrons. The normalized spacial score (nSPS) is 20.4. The molecule has 1 aliphatic rings. The van der Waals surface area contributed by atoms with Gasteiger partial charge >= 0.3 is 0 Å². The van der Waals surface area contributed by atoms with Gasteiger partial charge in [0.25, 0.3) is 0 Å². The van der Waals surface area contributed by atoms with Gasteiger partial charge in [0.15, 0.2) is 0 Å². The summed E-state index contributed by atoms with van der Waals surface area (Å²) in [5.41, 5.74) is 0.0164. The Kier molecular flexibility index (Phi) is 6.65. The fourth-order valence-electron chi connectivity index (χ4n) is 2.72. The van der Waals surface area contributed by atoms with Gasteiger partial charge in [-0.15, -0.1) is 0 Å². The Morgan fingerprint density at radius 2 is 2.00 bits per heavy atom. The van der Waals surface area contributed by atoms with Crippen LogP contribution in [0.25, 0.3) is 0 Å². The van der Waals surface area contributed by atoms with Crippen LogP contribution in [-0.2, 0) is 4.79 Å². The molecule has 0 aromatic rings. The van der Waals surface area contributed by atoms with E-state index in [1.165, 1.54) is 19.3 Å². The summed E-state index contributed by atoms with van der Waals surface area (Å²) in [6.45, 7) is 2.90. The monoisotopic (exact) mass is 256 g/mol. The first-order chi connectivity index (χ1) is 8.62. The van der Waals surface area contributed by atoms with Gasteiger partial charge in [-0.3, -0.25) is 4.79 Å². The summed E-state index contributed by atoms with van der Waals surface area (Å²) in [7, 11) is 1.97. The highest BCUT2D eigenvalue weighted by Crippen LogP contribution is 2.30. The van der Waals surface area contributed by atoms with Crippen LogP contribution in [0.1, 0.15) is 51.9 Å². The average Bonchev–Trinajstić information content (AvgIpc) is 2.38. The van der Waals surface area contributed by atoms with E-state index in [-0.39, 0.29) is 18.1 Å². The van der Waals surface area contributed by atoms with E-state index in [4.69, 9.17) is 5.11 Å². The van der Waals surface area contributed by atoms with Gasteiger partial charge in [0.05, 0.1) is 0 Å². The number of rotatable bonds is 7. The van der Waals surface area contributed by atoms with Gasteiger partial charge in [0.2, 0.25) is 5.91 Å². The van der Waals surface area contributed by atoms with Gasteiger partial charge in [-0.1, -0.05) is 26.2 Å². The van der Waals surface area contributed by atoms with Crippen molar-refractivity contribution in [3.8, 4) is 0 Å². The van der Waals surface area contributed by atoms with Crippen LogP contribution in [0, 0.1) is 5.92 Å².